The molecule has 8 heteroatoms. The Bertz CT molecular complexity index is 1170. The lowest BCUT2D eigenvalue weighted by Gasteiger charge is -2.33. The number of anilines is 2. The van der Waals surface area contributed by atoms with Crippen LogP contribution in [0, 0.1) is 11.6 Å². The van der Waals surface area contributed by atoms with Gasteiger partial charge in [-0.05, 0) is 61.4 Å². The molecule has 0 spiro atoms. The van der Waals surface area contributed by atoms with Gasteiger partial charge in [-0.3, -0.25) is 9.59 Å². The van der Waals surface area contributed by atoms with Crippen LogP contribution in [0.2, 0.25) is 0 Å². The molecule has 0 saturated heterocycles. The van der Waals surface area contributed by atoms with E-state index in [4.69, 9.17) is 0 Å². The molecule has 4 rings (SSSR count). The van der Waals surface area contributed by atoms with Gasteiger partial charge in [-0.15, -0.1) is 0 Å². The number of nitrogens with one attached hydrogen (secondary N) is 1. The molecule has 6 nitrogen and oxygen atoms in total. The van der Waals surface area contributed by atoms with E-state index in [1.165, 1.54) is 48.9 Å². The van der Waals surface area contributed by atoms with E-state index in [0.717, 1.165) is 30.4 Å². The predicted molar refractivity (Wildman–Crippen MR) is 119 cm³/mol. The van der Waals surface area contributed by atoms with Crippen molar-refractivity contribution in [2.24, 2.45) is 0 Å². The number of amides is 1. The van der Waals surface area contributed by atoms with Crippen molar-refractivity contribution in [2.75, 3.05) is 17.3 Å². The molecule has 2 aromatic carbocycles. The molecule has 1 saturated carbocycles. The summed E-state index contributed by atoms with van der Waals surface area (Å²) in [5, 5.41) is 6.68. The van der Waals surface area contributed by atoms with E-state index in [2.05, 4.69) is 10.4 Å². The quantitative estimate of drug-likeness (QED) is 0.636. The van der Waals surface area contributed by atoms with Gasteiger partial charge in [0.1, 0.15) is 17.3 Å². The SMILES string of the molecule is CN(c1ccc(NC(=O)c2ccc(=O)n(-c3ccc(F)cc3)n2)cc1F)C1CCCCC1. The Morgan fingerprint density at radius 3 is 2.44 bits per heavy atom. The van der Waals surface area contributed by atoms with Gasteiger partial charge in [0.2, 0.25) is 0 Å². The minimum Gasteiger partial charge on any atom is -0.369 e. The third-order valence-electron chi connectivity index (χ3n) is 5.81. The Morgan fingerprint density at radius 2 is 1.75 bits per heavy atom. The Balaban J connectivity index is 1.51. The fourth-order valence-electron chi connectivity index (χ4n) is 4.03. The van der Waals surface area contributed by atoms with Crippen LogP contribution in [0.3, 0.4) is 0 Å². The van der Waals surface area contributed by atoms with Crippen LogP contribution in [0.1, 0.15) is 42.6 Å². The van der Waals surface area contributed by atoms with E-state index in [9.17, 15) is 18.4 Å². The van der Waals surface area contributed by atoms with Crippen LogP contribution in [-0.2, 0) is 0 Å². The number of carbonyl (C=O) groups excluding carboxylic acids is 1. The lowest BCUT2D eigenvalue weighted by Crippen LogP contribution is -2.33. The maximum Gasteiger partial charge on any atom is 0.276 e. The fourth-order valence-corrected chi connectivity index (χ4v) is 4.03. The van der Waals surface area contributed by atoms with Crippen molar-refractivity contribution in [1.82, 2.24) is 9.78 Å². The van der Waals surface area contributed by atoms with Gasteiger partial charge in [0.05, 0.1) is 11.4 Å². The molecule has 0 atom stereocenters. The van der Waals surface area contributed by atoms with E-state index in [-0.39, 0.29) is 11.4 Å². The molecule has 0 aliphatic heterocycles. The predicted octanol–water partition coefficient (Wildman–Crippen LogP) is 4.53. The summed E-state index contributed by atoms with van der Waals surface area (Å²) in [5.41, 5.74) is 0.617. The molecule has 0 radical (unpaired) electrons. The Labute approximate surface area is 184 Å². The first-order valence-corrected chi connectivity index (χ1v) is 10.6. The third kappa shape index (κ3) is 4.69. The second-order valence-corrected chi connectivity index (χ2v) is 7.97. The Kier molecular flexibility index (Phi) is 6.30. The van der Waals surface area contributed by atoms with Crippen LogP contribution in [0.25, 0.3) is 5.69 Å². The second-order valence-electron chi connectivity index (χ2n) is 7.97. The van der Waals surface area contributed by atoms with Crippen LogP contribution in [0.5, 0.6) is 0 Å². The van der Waals surface area contributed by atoms with Crippen molar-refractivity contribution < 1.29 is 13.6 Å². The number of nitrogens with zero attached hydrogens (tertiary/aromatic N) is 3. The highest BCUT2D eigenvalue weighted by Crippen LogP contribution is 2.29. The minimum atomic E-state index is -0.589. The van der Waals surface area contributed by atoms with Gasteiger partial charge < -0.3 is 10.2 Å². The smallest absolute Gasteiger partial charge is 0.276 e. The van der Waals surface area contributed by atoms with Crippen LogP contribution in [-0.4, -0.2) is 28.8 Å². The number of carbonyl (C=O) groups is 1. The zero-order chi connectivity index (χ0) is 22.7. The lowest BCUT2D eigenvalue weighted by molar-refractivity contribution is 0.102. The summed E-state index contributed by atoms with van der Waals surface area (Å²) in [5.74, 6) is -1.45. The number of hydrogen-bond donors (Lipinski definition) is 1. The highest BCUT2D eigenvalue weighted by Gasteiger charge is 2.21. The Hall–Kier alpha value is -3.55. The van der Waals surface area contributed by atoms with Gasteiger partial charge in [0.25, 0.3) is 11.5 Å². The van der Waals surface area contributed by atoms with Gasteiger partial charge in [-0.25, -0.2) is 8.78 Å². The van der Waals surface area contributed by atoms with E-state index >= 15 is 0 Å². The summed E-state index contributed by atoms with van der Waals surface area (Å²) in [6, 6.07) is 12.6. The molecule has 32 heavy (non-hydrogen) atoms. The van der Waals surface area contributed by atoms with Crippen molar-refractivity contribution in [3.63, 3.8) is 0 Å². The van der Waals surface area contributed by atoms with Gasteiger partial charge in [-0.1, -0.05) is 19.3 Å². The van der Waals surface area contributed by atoms with Gasteiger partial charge in [0, 0.05) is 24.8 Å². The number of aromatic nitrogens is 2. The summed E-state index contributed by atoms with van der Waals surface area (Å²) in [6.45, 7) is 0. The molecule has 1 heterocycles. The molecule has 1 aliphatic carbocycles. The summed E-state index contributed by atoms with van der Waals surface area (Å²) >= 11 is 0. The molecule has 1 aliphatic rings. The molecule has 1 aromatic heterocycles. The van der Waals surface area contributed by atoms with Gasteiger partial charge in [0.15, 0.2) is 0 Å². The van der Waals surface area contributed by atoms with Crippen molar-refractivity contribution in [2.45, 2.75) is 38.1 Å². The summed E-state index contributed by atoms with van der Waals surface area (Å²) in [6.07, 6.45) is 5.61. The average molecular weight is 438 g/mol. The first kappa shape index (κ1) is 21.7. The van der Waals surface area contributed by atoms with Crippen molar-refractivity contribution in [3.05, 3.63) is 82.3 Å². The highest BCUT2D eigenvalue weighted by atomic mass is 19.1. The molecule has 0 unspecified atom stereocenters. The molecular formula is C24H24F2N4O2. The summed E-state index contributed by atoms with van der Waals surface area (Å²) in [7, 11) is 1.90. The molecule has 3 aromatic rings. The monoisotopic (exact) mass is 438 g/mol. The molecular weight excluding hydrogens is 414 g/mol. The molecule has 1 amide bonds. The standard InChI is InChI=1S/C24H24F2N4O2/c1-29(18-5-3-2-4-6-18)22-13-9-17(15-20(22)26)27-24(32)21-12-14-23(31)30(28-21)19-10-7-16(25)8-11-19/h7-15,18H,2-6H2,1H3,(H,27,32). The lowest BCUT2D eigenvalue weighted by atomic mass is 9.94. The number of halogens is 2. The number of hydrogen-bond acceptors (Lipinski definition) is 4. The van der Waals surface area contributed by atoms with Crippen LogP contribution in [0.4, 0.5) is 20.2 Å². The largest absolute Gasteiger partial charge is 0.369 e. The van der Waals surface area contributed by atoms with Gasteiger partial charge in [-0.2, -0.15) is 9.78 Å². The van der Waals surface area contributed by atoms with Gasteiger partial charge >= 0.3 is 0 Å². The second kappa shape index (κ2) is 9.30. The topological polar surface area (TPSA) is 67.2 Å². The van der Waals surface area contributed by atoms with Crippen LogP contribution < -0.4 is 15.8 Å². The van der Waals surface area contributed by atoms with Crippen LogP contribution in [0.15, 0.2) is 59.4 Å². The minimum absolute atomic E-state index is 0.0299. The number of rotatable bonds is 5. The van der Waals surface area contributed by atoms with Crippen molar-refractivity contribution in [1.29, 1.82) is 0 Å². The van der Waals surface area contributed by atoms with E-state index in [1.54, 1.807) is 12.1 Å². The molecule has 1 fully saturated rings. The summed E-state index contributed by atoms with van der Waals surface area (Å²) < 4.78 is 29.0. The maximum absolute atomic E-state index is 14.8. The average Bonchev–Trinajstić information content (AvgIpc) is 2.80. The Morgan fingerprint density at radius 1 is 1.03 bits per heavy atom. The van der Waals surface area contributed by atoms with E-state index in [1.807, 2.05) is 11.9 Å². The van der Waals surface area contributed by atoms with Crippen molar-refractivity contribution in [3.8, 4) is 5.69 Å². The number of benzene rings is 2. The van der Waals surface area contributed by atoms with E-state index in [0.29, 0.717) is 17.4 Å². The highest BCUT2D eigenvalue weighted by molar-refractivity contribution is 6.02. The third-order valence-corrected chi connectivity index (χ3v) is 5.81. The molecule has 1 N–H and O–H groups in total. The first-order valence-electron chi connectivity index (χ1n) is 10.6. The zero-order valence-corrected chi connectivity index (χ0v) is 17.7. The summed E-state index contributed by atoms with van der Waals surface area (Å²) in [4.78, 5) is 26.8. The molecule has 166 valence electrons. The fraction of sp³-hybridized carbons (Fsp3) is 0.292. The van der Waals surface area contributed by atoms with E-state index < -0.39 is 23.1 Å². The first-order chi connectivity index (χ1) is 15.4. The van der Waals surface area contributed by atoms with Crippen molar-refractivity contribution >= 4 is 17.3 Å². The zero-order valence-electron chi connectivity index (χ0n) is 17.7. The molecule has 0 bridgehead atoms. The van der Waals surface area contributed by atoms with Crippen LogP contribution >= 0.6 is 0 Å². The normalized spacial score (nSPS) is 14.2. The maximum atomic E-state index is 14.8.